The van der Waals surface area contributed by atoms with Gasteiger partial charge in [-0.25, -0.2) is 0 Å². The summed E-state index contributed by atoms with van der Waals surface area (Å²) >= 11 is 0. The van der Waals surface area contributed by atoms with E-state index in [9.17, 15) is 9.59 Å². The molecule has 0 aromatic heterocycles. The number of piperidine rings is 1. The van der Waals surface area contributed by atoms with E-state index in [4.69, 9.17) is 10.5 Å². The largest absolute Gasteiger partial charge is 0.481 e. The van der Waals surface area contributed by atoms with Crippen molar-refractivity contribution in [3.8, 4) is 5.75 Å². The van der Waals surface area contributed by atoms with Gasteiger partial charge in [-0.15, -0.1) is 12.4 Å². The molecule has 7 heteroatoms. The molecule has 0 aliphatic carbocycles. The molecular weight excluding hydrogens is 378 g/mol. The number of nitrogens with two attached hydrogens (primary N) is 1. The van der Waals surface area contributed by atoms with Crippen molar-refractivity contribution in [3.05, 3.63) is 29.3 Å². The smallest absolute Gasteiger partial charge is 0.263 e. The molecule has 2 amide bonds. The van der Waals surface area contributed by atoms with Crippen LogP contribution in [0.3, 0.4) is 0 Å². The van der Waals surface area contributed by atoms with E-state index in [1.807, 2.05) is 13.0 Å². The molecular formula is C21H34ClN3O3. The van der Waals surface area contributed by atoms with Crippen molar-refractivity contribution >= 4 is 24.2 Å². The van der Waals surface area contributed by atoms with Crippen molar-refractivity contribution in [1.82, 2.24) is 10.2 Å². The molecule has 1 fully saturated rings. The number of halogens is 1. The number of ether oxygens (including phenoxy) is 1. The molecule has 1 aliphatic rings. The zero-order valence-electron chi connectivity index (χ0n) is 17.4. The topological polar surface area (TPSA) is 84.7 Å². The van der Waals surface area contributed by atoms with Crippen LogP contribution >= 0.6 is 12.4 Å². The normalized spacial score (nSPS) is 17.6. The standard InChI is InChI=1S/C21H33N3O3.ClH/c1-14(2)18-8-7-15(3)12-19(18)27-16(4)21(26)24-11-5-6-17(13-24)20(25)23-10-9-22;/h7-8,12,14,16-17H,5-6,9-11,13,22H2,1-4H3,(H,23,25);1H. The van der Waals surface area contributed by atoms with Crippen molar-refractivity contribution in [3.63, 3.8) is 0 Å². The van der Waals surface area contributed by atoms with Gasteiger partial charge >= 0.3 is 0 Å². The van der Waals surface area contributed by atoms with Gasteiger partial charge in [-0.3, -0.25) is 9.59 Å². The molecule has 3 N–H and O–H groups in total. The Morgan fingerprint density at radius 3 is 2.68 bits per heavy atom. The van der Waals surface area contributed by atoms with Crippen molar-refractivity contribution in [2.24, 2.45) is 11.7 Å². The van der Waals surface area contributed by atoms with Gasteiger partial charge in [0.15, 0.2) is 6.10 Å². The minimum atomic E-state index is -0.588. The molecule has 2 atom stereocenters. The van der Waals surface area contributed by atoms with Gasteiger partial charge in [-0.1, -0.05) is 26.0 Å². The van der Waals surface area contributed by atoms with Crippen LogP contribution in [-0.4, -0.2) is 49.0 Å². The fourth-order valence-corrected chi connectivity index (χ4v) is 3.45. The molecule has 1 heterocycles. The molecule has 1 aromatic rings. The first-order chi connectivity index (χ1) is 12.8. The predicted octanol–water partition coefficient (Wildman–Crippen LogP) is 2.62. The lowest BCUT2D eigenvalue weighted by Gasteiger charge is -2.33. The van der Waals surface area contributed by atoms with Crippen molar-refractivity contribution in [2.45, 2.75) is 52.6 Å². The highest BCUT2D eigenvalue weighted by Crippen LogP contribution is 2.29. The number of amides is 2. The van der Waals surface area contributed by atoms with Crippen LogP contribution in [0.25, 0.3) is 0 Å². The number of nitrogens with one attached hydrogen (secondary N) is 1. The number of hydrogen-bond acceptors (Lipinski definition) is 4. The molecule has 0 radical (unpaired) electrons. The van der Waals surface area contributed by atoms with Crippen LogP contribution in [0.5, 0.6) is 5.75 Å². The number of benzene rings is 1. The van der Waals surface area contributed by atoms with Crippen LogP contribution in [0.2, 0.25) is 0 Å². The fourth-order valence-electron chi connectivity index (χ4n) is 3.45. The molecule has 1 saturated heterocycles. The first kappa shape index (κ1) is 24.2. The molecule has 6 nitrogen and oxygen atoms in total. The highest BCUT2D eigenvalue weighted by atomic mass is 35.5. The Morgan fingerprint density at radius 1 is 1.32 bits per heavy atom. The third-order valence-electron chi connectivity index (χ3n) is 4.99. The van der Waals surface area contributed by atoms with Gasteiger partial charge in [0.25, 0.3) is 5.91 Å². The van der Waals surface area contributed by atoms with Crippen LogP contribution < -0.4 is 15.8 Å². The first-order valence-corrected chi connectivity index (χ1v) is 9.87. The van der Waals surface area contributed by atoms with Crippen LogP contribution in [0.1, 0.15) is 50.7 Å². The third kappa shape index (κ3) is 6.38. The average molecular weight is 412 g/mol. The van der Waals surface area contributed by atoms with E-state index in [2.05, 4.69) is 31.3 Å². The van der Waals surface area contributed by atoms with E-state index in [1.54, 1.807) is 11.8 Å². The van der Waals surface area contributed by atoms with E-state index >= 15 is 0 Å². The molecule has 0 spiro atoms. The second-order valence-electron chi connectivity index (χ2n) is 7.66. The van der Waals surface area contributed by atoms with Crippen molar-refractivity contribution < 1.29 is 14.3 Å². The number of carbonyl (C=O) groups excluding carboxylic acids is 2. The lowest BCUT2D eigenvalue weighted by molar-refractivity contribution is -0.141. The Hall–Kier alpha value is -1.79. The number of rotatable bonds is 7. The van der Waals surface area contributed by atoms with E-state index in [0.717, 1.165) is 29.7 Å². The maximum absolute atomic E-state index is 12.9. The number of nitrogens with zero attached hydrogens (tertiary/aromatic N) is 1. The lowest BCUT2D eigenvalue weighted by atomic mass is 9.96. The SMILES string of the molecule is Cc1ccc(C(C)C)c(OC(C)C(=O)N2CCCC(C(=O)NCCN)C2)c1.Cl. The average Bonchev–Trinajstić information content (AvgIpc) is 2.65. The van der Waals surface area contributed by atoms with Crippen LogP contribution in [0, 0.1) is 12.8 Å². The molecule has 2 rings (SSSR count). The van der Waals surface area contributed by atoms with E-state index in [-0.39, 0.29) is 30.1 Å². The van der Waals surface area contributed by atoms with Gasteiger partial charge in [0.1, 0.15) is 5.75 Å². The summed E-state index contributed by atoms with van der Waals surface area (Å²) in [6.07, 6.45) is 1.03. The van der Waals surface area contributed by atoms with Crippen molar-refractivity contribution in [2.75, 3.05) is 26.2 Å². The minimum Gasteiger partial charge on any atom is -0.481 e. The van der Waals surface area contributed by atoms with Crippen molar-refractivity contribution in [1.29, 1.82) is 0 Å². The summed E-state index contributed by atoms with van der Waals surface area (Å²) in [5.41, 5.74) is 7.64. The van der Waals surface area contributed by atoms with Gasteiger partial charge in [0.2, 0.25) is 5.91 Å². The maximum atomic E-state index is 12.9. The lowest BCUT2D eigenvalue weighted by Crippen LogP contribution is -2.49. The van der Waals surface area contributed by atoms with Crippen LogP contribution in [-0.2, 0) is 9.59 Å². The van der Waals surface area contributed by atoms with Crippen LogP contribution in [0.4, 0.5) is 0 Å². The van der Waals surface area contributed by atoms with Gasteiger partial charge in [-0.2, -0.15) is 0 Å². The van der Waals surface area contributed by atoms with Crippen LogP contribution in [0.15, 0.2) is 18.2 Å². The maximum Gasteiger partial charge on any atom is 0.263 e. The summed E-state index contributed by atoms with van der Waals surface area (Å²) in [4.78, 5) is 26.9. The van der Waals surface area contributed by atoms with Gasteiger partial charge in [0, 0.05) is 26.2 Å². The van der Waals surface area contributed by atoms with Gasteiger partial charge in [0.05, 0.1) is 5.92 Å². The highest BCUT2D eigenvalue weighted by Gasteiger charge is 2.31. The summed E-state index contributed by atoms with van der Waals surface area (Å²) in [7, 11) is 0. The number of likely N-dealkylation sites (tertiary alicyclic amines) is 1. The molecule has 2 unspecified atom stereocenters. The molecule has 158 valence electrons. The number of carbonyl (C=O) groups is 2. The summed E-state index contributed by atoms with van der Waals surface area (Å²) in [5, 5.41) is 2.82. The summed E-state index contributed by atoms with van der Waals surface area (Å²) in [6.45, 7) is 10.0. The summed E-state index contributed by atoms with van der Waals surface area (Å²) in [5.74, 6) is 0.815. The molecule has 28 heavy (non-hydrogen) atoms. The second-order valence-corrected chi connectivity index (χ2v) is 7.66. The molecule has 0 bridgehead atoms. The first-order valence-electron chi connectivity index (χ1n) is 9.87. The Labute approximate surface area is 174 Å². The number of aryl methyl sites for hydroxylation is 1. The monoisotopic (exact) mass is 411 g/mol. The zero-order valence-corrected chi connectivity index (χ0v) is 18.2. The Kier molecular flexibility index (Phi) is 9.76. The minimum absolute atomic E-state index is 0. The molecule has 0 saturated carbocycles. The number of hydrogen-bond donors (Lipinski definition) is 2. The van der Waals surface area contributed by atoms with E-state index in [0.29, 0.717) is 32.1 Å². The molecule has 1 aromatic carbocycles. The fraction of sp³-hybridized carbons (Fsp3) is 0.619. The Balaban J connectivity index is 0.00000392. The quantitative estimate of drug-likeness (QED) is 0.722. The third-order valence-corrected chi connectivity index (χ3v) is 4.99. The predicted molar refractivity (Wildman–Crippen MR) is 114 cm³/mol. The summed E-state index contributed by atoms with van der Waals surface area (Å²) in [6, 6.07) is 6.10. The molecule has 1 aliphatic heterocycles. The van der Waals surface area contributed by atoms with Gasteiger partial charge in [-0.05, 0) is 49.8 Å². The Bertz CT molecular complexity index is 666. The van der Waals surface area contributed by atoms with E-state index < -0.39 is 6.10 Å². The highest BCUT2D eigenvalue weighted by molar-refractivity contribution is 5.85. The zero-order chi connectivity index (χ0) is 20.0. The van der Waals surface area contributed by atoms with Gasteiger partial charge < -0.3 is 20.7 Å². The second kappa shape index (κ2) is 11.3. The summed E-state index contributed by atoms with van der Waals surface area (Å²) < 4.78 is 6.05. The Morgan fingerprint density at radius 2 is 2.04 bits per heavy atom. The van der Waals surface area contributed by atoms with E-state index in [1.165, 1.54) is 0 Å².